The Balaban J connectivity index is 2.09. The van der Waals surface area contributed by atoms with Gasteiger partial charge >= 0.3 is 0 Å². The molecule has 1 aliphatic rings. The number of hydrogen-bond acceptors (Lipinski definition) is 2. The topological polar surface area (TPSA) is 41.1 Å². The van der Waals surface area contributed by atoms with Crippen molar-refractivity contribution in [2.45, 2.75) is 26.3 Å². The van der Waals surface area contributed by atoms with E-state index in [1.807, 2.05) is 24.3 Å². The van der Waals surface area contributed by atoms with Crippen LogP contribution in [-0.4, -0.2) is 25.0 Å². The van der Waals surface area contributed by atoms with Crippen molar-refractivity contribution in [3.63, 3.8) is 0 Å². The lowest BCUT2D eigenvalue weighted by Gasteiger charge is -2.17. The van der Waals surface area contributed by atoms with Crippen molar-refractivity contribution in [3.8, 4) is 0 Å². The summed E-state index contributed by atoms with van der Waals surface area (Å²) in [4.78, 5) is 12.2. The average Bonchev–Trinajstić information content (AvgIpc) is 2.75. The van der Waals surface area contributed by atoms with Crippen LogP contribution in [-0.2, 0) is 6.42 Å². The lowest BCUT2D eigenvalue weighted by atomic mass is 10.0. The predicted octanol–water partition coefficient (Wildman–Crippen LogP) is 1.59. The van der Waals surface area contributed by atoms with E-state index in [1.54, 1.807) is 0 Å². The molecule has 1 fully saturated rings. The Kier molecular flexibility index (Phi) is 3.79. The van der Waals surface area contributed by atoms with E-state index in [2.05, 4.69) is 24.5 Å². The second-order valence-corrected chi connectivity index (χ2v) is 4.73. The SMILES string of the molecule is CCc1ccccc1C(=O)NC1CNCC1C. The zero-order chi connectivity index (χ0) is 12.3. The number of aryl methyl sites for hydroxylation is 1. The third-order valence-electron chi connectivity index (χ3n) is 3.48. The molecule has 3 nitrogen and oxygen atoms in total. The lowest BCUT2D eigenvalue weighted by Crippen LogP contribution is -2.39. The molecule has 0 spiro atoms. The van der Waals surface area contributed by atoms with Crippen LogP contribution in [0.1, 0.15) is 29.8 Å². The molecule has 1 aromatic carbocycles. The molecule has 1 heterocycles. The first kappa shape index (κ1) is 12.1. The number of hydrogen-bond donors (Lipinski definition) is 2. The molecular weight excluding hydrogens is 212 g/mol. The minimum atomic E-state index is 0.0583. The molecule has 2 unspecified atom stereocenters. The van der Waals surface area contributed by atoms with Gasteiger partial charge in [0.15, 0.2) is 0 Å². The van der Waals surface area contributed by atoms with Crippen molar-refractivity contribution in [1.82, 2.24) is 10.6 Å². The zero-order valence-electron chi connectivity index (χ0n) is 10.5. The van der Waals surface area contributed by atoms with E-state index in [0.717, 1.165) is 30.6 Å². The van der Waals surface area contributed by atoms with Crippen LogP contribution in [0.15, 0.2) is 24.3 Å². The first-order valence-corrected chi connectivity index (χ1v) is 6.32. The Morgan fingerprint density at radius 2 is 2.18 bits per heavy atom. The Morgan fingerprint density at radius 3 is 2.82 bits per heavy atom. The number of carbonyl (C=O) groups excluding carboxylic acids is 1. The smallest absolute Gasteiger partial charge is 0.251 e. The minimum absolute atomic E-state index is 0.0583. The summed E-state index contributed by atoms with van der Waals surface area (Å²) in [6, 6.07) is 8.08. The van der Waals surface area contributed by atoms with Gasteiger partial charge in [0, 0.05) is 18.2 Å². The second-order valence-electron chi connectivity index (χ2n) is 4.73. The first-order valence-electron chi connectivity index (χ1n) is 6.32. The Labute approximate surface area is 103 Å². The summed E-state index contributed by atoms with van der Waals surface area (Å²) in [6.45, 7) is 6.10. The van der Waals surface area contributed by atoms with Crippen molar-refractivity contribution in [2.75, 3.05) is 13.1 Å². The van der Waals surface area contributed by atoms with E-state index in [-0.39, 0.29) is 11.9 Å². The second kappa shape index (κ2) is 5.32. The quantitative estimate of drug-likeness (QED) is 0.831. The summed E-state index contributed by atoms with van der Waals surface area (Å²) in [5.41, 5.74) is 1.93. The maximum absolute atomic E-state index is 12.2. The van der Waals surface area contributed by atoms with Crippen LogP contribution < -0.4 is 10.6 Å². The molecule has 0 radical (unpaired) electrons. The number of carbonyl (C=O) groups is 1. The molecule has 1 amide bonds. The normalized spacial score (nSPS) is 23.6. The maximum Gasteiger partial charge on any atom is 0.251 e. The largest absolute Gasteiger partial charge is 0.348 e. The van der Waals surface area contributed by atoms with Crippen LogP contribution in [0.3, 0.4) is 0 Å². The monoisotopic (exact) mass is 232 g/mol. The van der Waals surface area contributed by atoms with Gasteiger partial charge < -0.3 is 10.6 Å². The van der Waals surface area contributed by atoms with Crippen LogP contribution in [0.4, 0.5) is 0 Å². The van der Waals surface area contributed by atoms with Crippen LogP contribution in [0.25, 0.3) is 0 Å². The van der Waals surface area contributed by atoms with E-state index in [9.17, 15) is 4.79 Å². The Bertz CT molecular complexity index is 403. The molecule has 0 aliphatic carbocycles. The molecule has 92 valence electrons. The third kappa shape index (κ3) is 2.67. The average molecular weight is 232 g/mol. The van der Waals surface area contributed by atoms with Crippen molar-refractivity contribution in [3.05, 3.63) is 35.4 Å². The van der Waals surface area contributed by atoms with E-state index in [0.29, 0.717) is 5.92 Å². The summed E-state index contributed by atoms with van der Waals surface area (Å²) in [6.07, 6.45) is 0.891. The minimum Gasteiger partial charge on any atom is -0.348 e. The van der Waals surface area contributed by atoms with Crippen molar-refractivity contribution in [1.29, 1.82) is 0 Å². The zero-order valence-corrected chi connectivity index (χ0v) is 10.5. The van der Waals surface area contributed by atoms with Gasteiger partial charge in [0.25, 0.3) is 5.91 Å². The summed E-state index contributed by atoms with van der Waals surface area (Å²) in [5, 5.41) is 6.41. The molecule has 1 aromatic rings. The Morgan fingerprint density at radius 1 is 1.41 bits per heavy atom. The van der Waals surface area contributed by atoms with E-state index < -0.39 is 0 Å². The maximum atomic E-state index is 12.2. The number of amides is 1. The van der Waals surface area contributed by atoms with Gasteiger partial charge in [-0.25, -0.2) is 0 Å². The fraction of sp³-hybridized carbons (Fsp3) is 0.500. The lowest BCUT2D eigenvalue weighted by molar-refractivity contribution is 0.0932. The Hall–Kier alpha value is -1.35. The van der Waals surface area contributed by atoms with Gasteiger partial charge in [0.1, 0.15) is 0 Å². The summed E-state index contributed by atoms with van der Waals surface area (Å²) < 4.78 is 0. The fourth-order valence-electron chi connectivity index (χ4n) is 2.30. The van der Waals surface area contributed by atoms with Gasteiger partial charge in [-0.1, -0.05) is 32.0 Å². The van der Waals surface area contributed by atoms with Gasteiger partial charge in [-0.3, -0.25) is 4.79 Å². The van der Waals surface area contributed by atoms with E-state index >= 15 is 0 Å². The molecule has 3 heteroatoms. The highest BCUT2D eigenvalue weighted by molar-refractivity contribution is 5.95. The van der Waals surface area contributed by atoms with Gasteiger partial charge in [0.05, 0.1) is 0 Å². The van der Waals surface area contributed by atoms with Crippen LogP contribution in [0, 0.1) is 5.92 Å². The third-order valence-corrected chi connectivity index (χ3v) is 3.48. The summed E-state index contributed by atoms with van der Waals surface area (Å²) in [5.74, 6) is 0.565. The molecule has 0 saturated carbocycles. The standard InChI is InChI=1S/C14H20N2O/c1-3-11-6-4-5-7-12(11)14(17)16-13-9-15-8-10(13)2/h4-7,10,13,15H,3,8-9H2,1-2H3,(H,16,17). The number of benzene rings is 1. The van der Waals surface area contributed by atoms with Gasteiger partial charge in [-0.15, -0.1) is 0 Å². The molecule has 0 bridgehead atoms. The highest BCUT2D eigenvalue weighted by Crippen LogP contribution is 2.12. The highest BCUT2D eigenvalue weighted by atomic mass is 16.1. The van der Waals surface area contributed by atoms with Crippen molar-refractivity contribution >= 4 is 5.91 Å². The number of rotatable bonds is 3. The van der Waals surface area contributed by atoms with Gasteiger partial charge in [-0.05, 0) is 30.5 Å². The van der Waals surface area contributed by atoms with Crippen LogP contribution in [0.5, 0.6) is 0 Å². The molecule has 2 atom stereocenters. The van der Waals surface area contributed by atoms with Gasteiger partial charge in [0.2, 0.25) is 0 Å². The van der Waals surface area contributed by atoms with Crippen LogP contribution in [0.2, 0.25) is 0 Å². The molecule has 2 rings (SSSR count). The molecule has 17 heavy (non-hydrogen) atoms. The van der Waals surface area contributed by atoms with E-state index in [1.165, 1.54) is 0 Å². The molecular formula is C14H20N2O. The predicted molar refractivity (Wildman–Crippen MR) is 69.1 cm³/mol. The van der Waals surface area contributed by atoms with Gasteiger partial charge in [-0.2, -0.15) is 0 Å². The molecule has 2 N–H and O–H groups in total. The van der Waals surface area contributed by atoms with Crippen LogP contribution >= 0.6 is 0 Å². The summed E-state index contributed by atoms with van der Waals surface area (Å²) >= 11 is 0. The molecule has 1 saturated heterocycles. The van der Waals surface area contributed by atoms with Crippen molar-refractivity contribution < 1.29 is 4.79 Å². The van der Waals surface area contributed by atoms with Crippen molar-refractivity contribution in [2.24, 2.45) is 5.92 Å². The fourth-order valence-corrected chi connectivity index (χ4v) is 2.30. The molecule has 0 aromatic heterocycles. The highest BCUT2D eigenvalue weighted by Gasteiger charge is 2.25. The summed E-state index contributed by atoms with van der Waals surface area (Å²) in [7, 11) is 0. The first-order chi connectivity index (χ1) is 8.22. The number of nitrogens with one attached hydrogen (secondary N) is 2. The van der Waals surface area contributed by atoms with E-state index in [4.69, 9.17) is 0 Å². The molecule has 1 aliphatic heterocycles.